The Morgan fingerprint density at radius 2 is 1.72 bits per heavy atom. The molecule has 0 aliphatic heterocycles. The highest BCUT2D eigenvalue weighted by atomic mass is 19.2. The zero-order chi connectivity index (χ0) is 18.4. The van der Waals surface area contributed by atoms with Crippen molar-refractivity contribution in [3.8, 4) is 0 Å². The molecular formula is C17H18F4N2O2. The normalized spacial score (nSPS) is 11.2. The fourth-order valence-corrected chi connectivity index (χ4v) is 2.01. The van der Waals surface area contributed by atoms with E-state index in [1.807, 2.05) is 13.8 Å². The van der Waals surface area contributed by atoms with Gasteiger partial charge >= 0.3 is 0 Å². The van der Waals surface area contributed by atoms with Crippen molar-refractivity contribution < 1.29 is 27.0 Å². The molecule has 2 rings (SSSR count). The number of hydrogen-bond acceptors (Lipinski definition) is 4. The maximum absolute atomic E-state index is 13.6. The van der Waals surface area contributed by atoms with E-state index < -0.39 is 29.2 Å². The van der Waals surface area contributed by atoms with Crippen molar-refractivity contribution in [3.63, 3.8) is 0 Å². The van der Waals surface area contributed by atoms with Crippen LogP contribution in [0.25, 0.3) is 0 Å². The lowest BCUT2D eigenvalue weighted by atomic mass is 10.2. The SMILES string of the molecule is CC(C)OCCOCc1cccc(Nc2c(F)c(F)nc(F)c2F)c1. The van der Waals surface area contributed by atoms with Crippen molar-refractivity contribution in [1.82, 2.24) is 4.98 Å². The molecular weight excluding hydrogens is 340 g/mol. The number of anilines is 2. The number of pyridine rings is 1. The molecule has 8 heteroatoms. The second-order valence-corrected chi connectivity index (χ2v) is 5.49. The summed E-state index contributed by atoms with van der Waals surface area (Å²) in [5.74, 6) is -6.62. The lowest BCUT2D eigenvalue weighted by Crippen LogP contribution is -2.09. The van der Waals surface area contributed by atoms with E-state index >= 15 is 0 Å². The minimum atomic E-state index is -1.72. The van der Waals surface area contributed by atoms with Crippen molar-refractivity contribution in [3.05, 3.63) is 53.4 Å². The van der Waals surface area contributed by atoms with Gasteiger partial charge in [-0.05, 0) is 31.5 Å². The number of nitrogens with one attached hydrogen (secondary N) is 1. The maximum atomic E-state index is 13.6. The largest absolute Gasteiger partial charge is 0.376 e. The number of aromatic nitrogens is 1. The van der Waals surface area contributed by atoms with E-state index in [9.17, 15) is 17.6 Å². The van der Waals surface area contributed by atoms with Gasteiger partial charge in [-0.3, -0.25) is 0 Å². The molecule has 1 aromatic heterocycles. The Kier molecular flexibility index (Phi) is 6.72. The average Bonchev–Trinajstić information content (AvgIpc) is 2.57. The molecule has 0 saturated heterocycles. The molecule has 0 fully saturated rings. The Labute approximate surface area is 142 Å². The quantitative estimate of drug-likeness (QED) is 0.434. The van der Waals surface area contributed by atoms with Gasteiger partial charge in [0.25, 0.3) is 11.9 Å². The minimum absolute atomic E-state index is 0.113. The van der Waals surface area contributed by atoms with Crippen LogP contribution in [0.4, 0.5) is 28.9 Å². The first-order valence-corrected chi connectivity index (χ1v) is 7.63. The standard InChI is InChI=1S/C17H18F4N2O2/c1-10(2)25-7-6-24-9-11-4-3-5-12(8-11)22-15-13(18)16(20)23-17(21)14(15)19/h3-5,8,10H,6-7,9H2,1-2H3,(H,22,23). The number of hydrogen-bond donors (Lipinski definition) is 1. The van der Waals surface area contributed by atoms with E-state index in [0.29, 0.717) is 18.8 Å². The summed E-state index contributed by atoms with van der Waals surface area (Å²) in [6.07, 6.45) is 0.113. The Balaban J connectivity index is 2.03. The summed E-state index contributed by atoms with van der Waals surface area (Å²) in [7, 11) is 0. The van der Waals surface area contributed by atoms with E-state index in [1.165, 1.54) is 6.07 Å². The number of benzene rings is 1. The van der Waals surface area contributed by atoms with Crippen molar-refractivity contribution in [2.24, 2.45) is 0 Å². The lowest BCUT2D eigenvalue weighted by Gasteiger charge is -2.11. The monoisotopic (exact) mass is 358 g/mol. The van der Waals surface area contributed by atoms with E-state index in [1.54, 1.807) is 18.2 Å². The highest BCUT2D eigenvalue weighted by Crippen LogP contribution is 2.26. The molecule has 0 aliphatic carbocycles. The number of halogens is 4. The van der Waals surface area contributed by atoms with Gasteiger partial charge < -0.3 is 14.8 Å². The first-order chi connectivity index (χ1) is 11.9. The van der Waals surface area contributed by atoms with Crippen molar-refractivity contribution in [2.45, 2.75) is 26.6 Å². The molecule has 0 radical (unpaired) electrons. The molecule has 25 heavy (non-hydrogen) atoms. The molecule has 0 spiro atoms. The van der Waals surface area contributed by atoms with E-state index in [2.05, 4.69) is 10.3 Å². The van der Waals surface area contributed by atoms with Gasteiger partial charge in [0.2, 0.25) is 11.6 Å². The highest BCUT2D eigenvalue weighted by Gasteiger charge is 2.20. The molecule has 1 heterocycles. The summed E-state index contributed by atoms with van der Waals surface area (Å²) in [4.78, 5) is 2.51. The van der Waals surface area contributed by atoms with E-state index in [-0.39, 0.29) is 18.4 Å². The maximum Gasteiger partial charge on any atom is 0.253 e. The average molecular weight is 358 g/mol. The van der Waals surface area contributed by atoms with Crippen LogP contribution in [0.15, 0.2) is 24.3 Å². The van der Waals surface area contributed by atoms with Gasteiger partial charge in [0, 0.05) is 5.69 Å². The summed E-state index contributed by atoms with van der Waals surface area (Å²) in [5, 5.41) is 2.33. The molecule has 2 aromatic rings. The van der Waals surface area contributed by atoms with Crippen molar-refractivity contribution in [1.29, 1.82) is 0 Å². The Morgan fingerprint density at radius 3 is 2.36 bits per heavy atom. The molecule has 4 nitrogen and oxygen atoms in total. The number of ether oxygens (including phenoxy) is 2. The van der Waals surface area contributed by atoms with E-state index in [4.69, 9.17) is 9.47 Å². The zero-order valence-corrected chi connectivity index (χ0v) is 13.8. The van der Waals surface area contributed by atoms with Gasteiger partial charge in [-0.1, -0.05) is 12.1 Å². The van der Waals surface area contributed by atoms with Crippen LogP contribution in [0.3, 0.4) is 0 Å². The molecule has 0 unspecified atom stereocenters. The first-order valence-electron chi connectivity index (χ1n) is 7.63. The zero-order valence-electron chi connectivity index (χ0n) is 13.8. The van der Waals surface area contributed by atoms with Crippen LogP contribution >= 0.6 is 0 Å². The molecule has 0 saturated carbocycles. The fourth-order valence-electron chi connectivity index (χ4n) is 2.01. The molecule has 1 N–H and O–H groups in total. The topological polar surface area (TPSA) is 43.4 Å². The molecule has 0 amide bonds. The van der Waals surface area contributed by atoms with Gasteiger partial charge in [-0.2, -0.15) is 22.5 Å². The van der Waals surface area contributed by atoms with Crippen LogP contribution in [0.5, 0.6) is 0 Å². The smallest absolute Gasteiger partial charge is 0.253 e. The second kappa shape index (κ2) is 8.77. The van der Waals surface area contributed by atoms with Gasteiger partial charge in [0.15, 0.2) is 0 Å². The highest BCUT2D eigenvalue weighted by molar-refractivity contribution is 5.61. The van der Waals surface area contributed by atoms with Crippen LogP contribution in [0, 0.1) is 23.5 Å². The van der Waals surface area contributed by atoms with Crippen LogP contribution in [0.2, 0.25) is 0 Å². The predicted octanol–water partition coefficient (Wildman–Crippen LogP) is 4.32. The number of nitrogens with zero attached hydrogens (tertiary/aromatic N) is 1. The van der Waals surface area contributed by atoms with Crippen LogP contribution in [-0.4, -0.2) is 24.3 Å². The summed E-state index contributed by atoms with van der Waals surface area (Å²) < 4.78 is 64.3. The predicted molar refractivity (Wildman–Crippen MR) is 84.5 cm³/mol. The fraction of sp³-hybridized carbons (Fsp3) is 0.353. The molecule has 0 atom stereocenters. The van der Waals surface area contributed by atoms with E-state index in [0.717, 1.165) is 0 Å². The Bertz CT molecular complexity index is 700. The van der Waals surface area contributed by atoms with Crippen LogP contribution < -0.4 is 5.32 Å². The van der Waals surface area contributed by atoms with Crippen LogP contribution in [-0.2, 0) is 16.1 Å². The summed E-state index contributed by atoms with van der Waals surface area (Å²) in [6, 6.07) is 6.42. The Hall–Kier alpha value is -2.19. The third kappa shape index (κ3) is 5.40. The summed E-state index contributed by atoms with van der Waals surface area (Å²) in [6.45, 7) is 4.92. The van der Waals surface area contributed by atoms with Gasteiger partial charge in [-0.15, -0.1) is 0 Å². The van der Waals surface area contributed by atoms with Crippen LogP contribution in [0.1, 0.15) is 19.4 Å². The first kappa shape index (κ1) is 19.1. The molecule has 136 valence electrons. The van der Waals surface area contributed by atoms with Gasteiger partial charge in [0.05, 0.1) is 25.9 Å². The molecule has 1 aromatic carbocycles. The minimum Gasteiger partial charge on any atom is -0.376 e. The third-order valence-electron chi connectivity index (χ3n) is 3.14. The lowest BCUT2D eigenvalue weighted by molar-refractivity contribution is 0.0143. The molecule has 0 aliphatic rings. The summed E-state index contributed by atoms with van der Waals surface area (Å²) >= 11 is 0. The van der Waals surface area contributed by atoms with Crippen molar-refractivity contribution in [2.75, 3.05) is 18.5 Å². The summed E-state index contributed by atoms with van der Waals surface area (Å²) in [5.41, 5.74) is 0.0288. The second-order valence-electron chi connectivity index (χ2n) is 5.49. The van der Waals surface area contributed by atoms with Gasteiger partial charge in [0.1, 0.15) is 5.69 Å². The number of rotatable bonds is 8. The molecule has 0 bridgehead atoms. The van der Waals surface area contributed by atoms with Gasteiger partial charge in [-0.25, -0.2) is 0 Å². The Morgan fingerprint density at radius 1 is 1.04 bits per heavy atom. The van der Waals surface area contributed by atoms with Crippen molar-refractivity contribution >= 4 is 11.4 Å². The third-order valence-corrected chi connectivity index (χ3v) is 3.14.